The van der Waals surface area contributed by atoms with Gasteiger partial charge < -0.3 is 19.7 Å². The maximum atomic E-state index is 9.47. The van der Waals surface area contributed by atoms with Crippen molar-refractivity contribution in [3.8, 4) is 0 Å². The van der Waals surface area contributed by atoms with E-state index in [9.17, 15) is 9.59 Å². The second-order valence-corrected chi connectivity index (χ2v) is 1.65. The van der Waals surface area contributed by atoms with Crippen LogP contribution in [0.5, 0.6) is 0 Å². The molecule has 0 saturated heterocycles. The quantitative estimate of drug-likeness (QED) is 0.674. The van der Waals surface area contributed by atoms with Gasteiger partial charge in [0.2, 0.25) is 0 Å². The number of hydrogen-bond donors (Lipinski definition) is 2. The third-order valence-corrected chi connectivity index (χ3v) is 0.536. The number of methoxy groups -OCH3 is 2. The van der Waals surface area contributed by atoms with E-state index < -0.39 is 11.9 Å². The van der Waals surface area contributed by atoms with Crippen LogP contribution >= 0.6 is 0 Å². The maximum Gasteiger partial charge on any atom is 0.329 e. The van der Waals surface area contributed by atoms with Crippen molar-refractivity contribution >= 4 is 11.9 Å². The number of aliphatic carboxylic acids is 2. The van der Waals surface area contributed by atoms with E-state index in [0.717, 1.165) is 0 Å². The third kappa shape index (κ3) is 33.7. The van der Waals surface area contributed by atoms with Crippen molar-refractivity contribution in [2.75, 3.05) is 27.4 Å². The Morgan fingerprint density at radius 3 is 1.23 bits per heavy atom. The van der Waals surface area contributed by atoms with Gasteiger partial charge in [-0.2, -0.15) is 0 Å². The van der Waals surface area contributed by atoms with E-state index in [1.807, 2.05) is 0 Å². The van der Waals surface area contributed by atoms with Crippen molar-refractivity contribution < 1.29 is 56.6 Å². The van der Waals surface area contributed by atoms with Crippen LogP contribution in [-0.2, 0) is 46.4 Å². The third-order valence-electron chi connectivity index (χ3n) is 0.536. The van der Waals surface area contributed by atoms with Gasteiger partial charge in [-0.15, -0.1) is 0 Å². The van der Waals surface area contributed by atoms with Gasteiger partial charge in [-0.1, -0.05) is 0 Å². The molecule has 0 aliphatic carbocycles. The van der Waals surface area contributed by atoms with Crippen LogP contribution in [0.2, 0.25) is 0 Å². The molecule has 0 aromatic rings. The number of carboxylic acids is 2. The molecule has 13 heavy (non-hydrogen) atoms. The molecular weight excluding hydrogens is 280 g/mol. The van der Waals surface area contributed by atoms with Crippen molar-refractivity contribution in [1.29, 1.82) is 0 Å². The second-order valence-electron chi connectivity index (χ2n) is 1.65. The number of hydrogen-bond acceptors (Lipinski definition) is 4. The molecule has 7 heteroatoms. The van der Waals surface area contributed by atoms with E-state index in [1.54, 1.807) is 0 Å². The molecule has 6 nitrogen and oxygen atoms in total. The SMILES string of the molecule is COCC(=O)O.COCC(=O)O.[Cd]. The molecule has 0 bridgehead atoms. The van der Waals surface area contributed by atoms with Crippen molar-refractivity contribution in [3.05, 3.63) is 0 Å². The minimum absolute atomic E-state index is 0. The normalized spacial score (nSPS) is 7.54. The summed E-state index contributed by atoms with van der Waals surface area (Å²) in [6, 6.07) is 0. The fourth-order valence-electron chi connectivity index (χ4n) is 0.247. The number of rotatable bonds is 4. The summed E-state index contributed by atoms with van der Waals surface area (Å²) in [5, 5.41) is 15.6. The molecule has 2 N–H and O–H groups in total. The van der Waals surface area contributed by atoms with E-state index in [4.69, 9.17) is 10.2 Å². The van der Waals surface area contributed by atoms with Crippen LogP contribution in [0.3, 0.4) is 0 Å². The smallest absolute Gasteiger partial charge is 0.329 e. The summed E-state index contributed by atoms with van der Waals surface area (Å²) in [6.45, 7) is -0.417. The second kappa shape index (κ2) is 14.3. The van der Waals surface area contributed by atoms with Crippen molar-refractivity contribution in [2.24, 2.45) is 0 Å². The zero-order chi connectivity index (χ0) is 9.98. The molecule has 0 amide bonds. The summed E-state index contributed by atoms with van der Waals surface area (Å²) in [4.78, 5) is 18.9. The van der Waals surface area contributed by atoms with Crippen LogP contribution in [0, 0.1) is 0 Å². The number of carbonyl (C=O) groups is 2. The average Bonchev–Trinajstić information content (AvgIpc) is 1.87. The summed E-state index contributed by atoms with van der Waals surface area (Å²) in [7, 11) is 2.68. The molecule has 0 radical (unpaired) electrons. The van der Waals surface area contributed by atoms with Gasteiger partial charge in [0.25, 0.3) is 0 Å². The molecular formula is C6H12CdO6. The van der Waals surface area contributed by atoms with Gasteiger partial charge in [0.05, 0.1) is 0 Å². The Bertz CT molecular complexity index is 121. The minimum Gasteiger partial charge on any atom is -0.480 e. The summed E-state index contributed by atoms with van der Waals surface area (Å²) in [5.41, 5.74) is 0. The summed E-state index contributed by atoms with van der Waals surface area (Å²) < 4.78 is 8.41. The molecule has 0 fully saturated rings. The molecule has 0 aliphatic heterocycles. The van der Waals surface area contributed by atoms with Gasteiger partial charge in [0.15, 0.2) is 0 Å². The van der Waals surface area contributed by atoms with E-state index >= 15 is 0 Å². The van der Waals surface area contributed by atoms with Crippen LogP contribution in [0.15, 0.2) is 0 Å². The van der Waals surface area contributed by atoms with Gasteiger partial charge in [0.1, 0.15) is 13.2 Å². The standard InChI is InChI=1S/2C3H6O3.Cd/c2*1-6-2-3(4)5;/h2*2H2,1H3,(H,4,5);. The van der Waals surface area contributed by atoms with Crippen LogP contribution in [0.25, 0.3) is 0 Å². The van der Waals surface area contributed by atoms with Gasteiger partial charge >= 0.3 is 11.9 Å². The van der Waals surface area contributed by atoms with Gasteiger partial charge in [-0.05, 0) is 0 Å². The van der Waals surface area contributed by atoms with Crippen molar-refractivity contribution in [3.63, 3.8) is 0 Å². The Kier molecular flexibility index (Phi) is 20.4. The zero-order valence-electron chi connectivity index (χ0n) is 7.65. The monoisotopic (exact) mass is 294 g/mol. The largest absolute Gasteiger partial charge is 0.480 e. The van der Waals surface area contributed by atoms with Crippen LogP contribution in [0.1, 0.15) is 0 Å². The van der Waals surface area contributed by atoms with Crippen molar-refractivity contribution in [1.82, 2.24) is 0 Å². The van der Waals surface area contributed by atoms with Crippen LogP contribution in [-0.4, -0.2) is 49.6 Å². The van der Waals surface area contributed by atoms with E-state index in [0.29, 0.717) is 0 Å². The van der Waals surface area contributed by atoms with Gasteiger partial charge in [-0.25, -0.2) is 9.59 Å². The molecule has 0 aromatic carbocycles. The maximum absolute atomic E-state index is 9.47. The molecule has 0 heterocycles. The van der Waals surface area contributed by atoms with Crippen molar-refractivity contribution in [2.45, 2.75) is 0 Å². The molecule has 0 unspecified atom stereocenters. The summed E-state index contributed by atoms with van der Waals surface area (Å²) in [5.74, 6) is -1.87. The first-order valence-electron chi connectivity index (χ1n) is 2.96. The minimum atomic E-state index is -0.933. The molecule has 0 saturated carbocycles. The molecule has 0 spiro atoms. The first-order chi connectivity index (χ1) is 5.54. The predicted molar refractivity (Wildman–Crippen MR) is 39.0 cm³/mol. The summed E-state index contributed by atoms with van der Waals surface area (Å²) in [6.07, 6.45) is 0. The number of ether oxygens (including phenoxy) is 2. The molecule has 0 atom stereocenters. The Hall–Kier alpha value is -0.218. The topological polar surface area (TPSA) is 93.1 Å². The molecule has 74 valence electrons. The fourth-order valence-corrected chi connectivity index (χ4v) is 0.247. The van der Waals surface area contributed by atoms with E-state index in [1.165, 1.54) is 14.2 Å². The van der Waals surface area contributed by atoms with Crippen LogP contribution in [0.4, 0.5) is 0 Å². The van der Waals surface area contributed by atoms with Crippen LogP contribution < -0.4 is 0 Å². The Balaban J connectivity index is -0.000000143. The zero-order valence-corrected chi connectivity index (χ0v) is 11.7. The van der Waals surface area contributed by atoms with Gasteiger partial charge in [0, 0.05) is 41.5 Å². The molecule has 0 rings (SSSR count). The number of carboxylic acid groups (broad SMARTS) is 2. The summed E-state index contributed by atoms with van der Waals surface area (Å²) >= 11 is 0. The van der Waals surface area contributed by atoms with E-state index in [-0.39, 0.29) is 40.5 Å². The first-order valence-corrected chi connectivity index (χ1v) is 2.96. The predicted octanol–water partition coefficient (Wildman–Crippen LogP) is -0.568. The average molecular weight is 293 g/mol. The molecule has 0 aromatic heterocycles. The fraction of sp³-hybridized carbons (Fsp3) is 0.667. The Labute approximate surface area is 96.0 Å². The first kappa shape index (κ1) is 18.5. The molecule has 0 aliphatic rings. The Morgan fingerprint density at radius 2 is 1.23 bits per heavy atom. The Morgan fingerprint density at radius 1 is 1.00 bits per heavy atom. The van der Waals surface area contributed by atoms with E-state index in [2.05, 4.69) is 9.47 Å². The van der Waals surface area contributed by atoms with Gasteiger partial charge in [-0.3, -0.25) is 0 Å².